The monoisotopic (exact) mass is 372 g/mol. The van der Waals surface area contributed by atoms with Gasteiger partial charge < -0.3 is 25.6 Å². The van der Waals surface area contributed by atoms with E-state index in [1.807, 2.05) is 6.07 Å². The number of carbonyl (C=O) groups excluding carboxylic acids is 2. The number of carbonyl (C=O) groups is 4. The van der Waals surface area contributed by atoms with Gasteiger partial charge in [0, 0.05) is 5.69 Å². The van der Waals surface area contributed by atoms with E-state index in [9.17, 15) is 19.2 Å². The molecule has 0 radical (unpaired) electrons. The first kappa shape index (κ1) is 19.4. The van der Waals surface area contributed by atoms with Crippen molar-refractivity contribution >= 4 is 29.6 Å². The molecular formula is C18H16N2O7. The quantitative estimate of drug-likeness (QED) is 0.582. The lowest BCUT2D eigenvalue weighted by Gasteiger charge is -2.09. The number of carboxylic acids is 2. The Kier molecular flexibility index (Phi) is 6.48. The third-order valence-electron chi connectivity index (χ3n) is 3.32. The molecule has 0 aliphatic carbocycles. The summed E-state index contributed by atoms with van der Waals surface area (Å²) in [6, 6.07) is 12.1. The van der Waals surface area contributed by atoms with Crippen LogP contribution in [-0.2, 0) is 16.1 Å². The average molecular weight is 372 g/mol. The predicted molar refractivity (Wildman–Crippen MR) is 93.6 cm³/mol. The van der Waals surface area contributed by atoms with Crippen LogP contribution in [0.4, 0.5) is 10.5 Å². The fraction of sp³-hybridized carbons (Fsp3) is 0.111. The van der Waals surface area contributed by atoms with Gasteiger partial charge in [-0.25, -0.2) is 14.4 Å². The van der Waals surface area contributed by atoms with Gasteiger partial charge in [-0.15, -0.1) is 0 Å². The van der Waals surface area contributed by atoms with Gasteiger partial charge in [-0.05, 0) is 23.8 Å². The SMILES string of the molecule is O=C(CNC(=O)OCc1ccccc1)Nc1cc(C(=O)O)cc(C(=O)O)c1. The molecule has 0 saturated heterocycles. The second-order valence-corrected chi connectivity index (χ2v) is 5.37. The minimum Gasteiger partial charge on any atom is -0.478 e. The average Bonchev–Trinajstić information content (AvgIpc) is 2.65. The van der Waals surface area contributed by atoms with Crippen LogP contribution in [0.15, 0.2) is 48.5 Å². The Bertz CT molecular complexity index is 833. The van der Waals surface area contributed by atoms with E-state index in [0.717, 1.165) is 23.8 Å². The lowest BCUT2D eigenvalue weighted by Crippen LogP contribution is -2.33. The van der Waals surface area contributed by atoms with Gasteiger partial charge in [-0.3, -0.25) is 4.79 Å². The van der Waals surface area contributed by atoms with Crippen LogP contribution in [-0.4, -0.2) is 40.7 Å². The van der Waals surface area contributed by atoms with Crippen molar-refractivity contribution in [1.82, 2.24) is 5.32 Å². The number of hydrogen-bond donors (Lipinski definition) is 4. The Labute approximate surface area is 153 Å². The minimum atomic E-state index is -1.34. The Hall–Kier alpha value is -3.88. The summed E-state index contributed by atoms with van der Waals surface area (Å²) in [6.45, 7) is -0.399. The summed E-state index contributed by atoms with van der Waals surface area (Å²) in [5.41, 5.74) is 0.182. The van der Waals surface area contributed by atoms with E-state index in [4.69, 9.17) is 14.9 Å². The maximum absolute atomic E-state index is 11.9. The maximum atomic E-state index is 11.9. The van der Waals surface area contributed by atoms with E-state index in [-0.39, 0.29) is 23.4 Å². The van der Waals surface area contributed by atoms with Gasteiger partial charge in [-0.2, -0.15) is 0 Å². The zero-order valence-electron chi connectivity index (χ0n) is 14.0. The van der Waals surface area contributed by atoms with Crippen molar-refractivity contribution in [3.63, 3.8) is 0 Å². The highest BCUT2D eigenvalue weighted by Gasteiger charge is 2.13. The smallest absolute Gasteiger partial charge is 0.407 e. The normalized spacial score (nSPS) is 9.93. The molecule has 9 nitrogen and oxygen atoms in total. The maximum Gasteiger partial charge on any atom is 0.407 e. The summed E-state index contributed by atoms with van der Waals surface area (Å²) in [5, 5.41) is 22.6. The standard InChI is InChI=1S/C18H16N2O7/c21-15(9-19-18(26)27-10-11-4-2-1-3-5-11)20-14-7-12(16(22)23)6-13(8-14)17(24)25/h1-8H,9-10H2,(H,19,26)(H,20,21)(H,22,23)(H,24,25). The number of ether oxygens (including phenoxy) is 1. The molecule has 2 amide bonds. The second kappa shape index (κ2) is 8.99. The van der Waals surface area contributed by atoms with E-state index < -0.39 is 30.5 Å². The number of rotatable bonds is 7. The molecule has 0 spiro atoms. The summed E-state index contributed by atoms with van der Waals surface area (Å²) in [4.78, 5) is 45.5. The number of carboxylic acid groups (broad SMARTS) is 2. The van der Waals surface area contributed by atoms with Gasteiger partial charge in [0.15, 0.2) is 0 Å². The van der Waals surface area contributed by atoms with E-state index in [2.05, 4.69) is 10.6 Å². The van der Waals surface area contributed by atoms with Crippen LogP contribution >= 0.6 is 0 Å². The number of nitrogens with one attached hydrogen (secondary N) is 2. The van der Waals surface area contributed by atoms with Crippen molar-refractivity contribution < 1.29 is 34.1 Å². The second-order valence-electron chi connectivity index (χ2n) is 5.37. The number of benzene rings is 2. The van der Waals surface area contributed by atoms with Crippen molar-refractivity contribution in [3.8, 4) is 0 Å². The highest BCUT2D eigenvalue weighted by Crippen LogP contribution is 2.15. The van der Waals surface area contributed by atoms with Crippen LogP contribution in [0, 0.1) is 0 Å². The van der Waals surface area contributed by atoms with Gasteiger partial charge in [-0.1, -0.05) is 30.3 Å². The Morgan fingerprint density at radius 2 is 1.48 bits per heavy atom. The highest BCUT2D eigenvalue weighted by atomic mass is 16.5. The first-order chi connectivity index (χ1) is 12.8. The minimum absolute atomic E-state index is 0.0169. The van der Waals surface area contributed by atoms with Crippen LogP contribution in [0.25, 0.3) is 0 Å². The molecular weight excluding hydrogens is 356 g/mol. The van der Waals surface area contributed by atoms with E-state index >= 15 is 0 Å². The molecule has 2 aromatic rings. The molecule has 9 heteroatoms. The molecule has 0 heterocycles. The molecule has 0 aliphatic heterocycles. The predicted octanol–water partition coefficient (Wildman–Crippen LogP) is 1.95. The van der Waals surface area contributed by atoms with Crippen molar-refractivity contribution in [3.05, 3.63) is 65.2 Å². The summed E-state index contributed by atoms with van der Waals surface area (Å²) >= 11 is 0. The van der Waals surface area contributed by atoms with Gasteiger partial charge in [0.1, 0.15) is 13.2 Å². The van der Waals surface area contributed by atoms with Crippen molar-refractivity contribution in [1.29, 1.82) is 0 Å². The topological polar surface area (TPSA) is 142 Å². The Morgan fingerprint density at radius 1 is 0.889 bits per heavy atom. The van der Waals surface area contributed by atoms with Gasteiger partial charge in [0.2, 0.25) is 5.91 Å². The number of hydrogen-bond acceptors (Lipinski definition) is 5. The molecule has 0 aromatic heterocycles. The first-order valence-corrected chi connectivity index (χ1v) is 7.71. The van der Waals surface area contributed by atoms with Crippen LogP contribution < -0.4 is 10.6 Å². The molecule has 2 aromatic carbocycles. The third kappa shape index (κ3) is 6.16. The fourth-order valence-electron chi connectivity index (χ4n) is 2.08. The lowest BCUT2D eigenvalue weighted by molar-refractivity contribution is -0.115. The van der Waals surface area contributed by atoms with Gasteiger partial charge >= 0.3 is 18.0 Å². The molecule has 0 bridgehead atoms. The number of aromatic carboxylic acids is 2. The summed E-state index contributed by atoms with van der Waals surface area (Å²) in [7, 11) is 0. The molecule has 0 aliphatic rings. The Morgan fingerprint density at radius 3 is 2.04 bits per heavy atom. The Balaban J connectivity index is 1.88. The largest absolute Gasteiger partial charge is 0.478 e. The van der Waals surface area contributed by atoms with Crippen molar-refractivity contribution in [2.45, 2.75) is 6.61 Å². The van der Waals surface area contributed by atoms with Crippen molar-refractivity contribution in [2.75, 3.05) is 11.9 Å². The van der Waals surface area contributed by atoms with E-state index in [1.165, 1.54) is 0 Å². The summed E-state index contributed by atoms with van der Waals surface area (Å²) in [5.74, 6) is -3.35. The van der Waals surface area contributed by atoms with Crippen LogP contribution in [0.1, 0.15) is 26.3 Å². The lowest BCUT2D eigenvalue weighted by atomic mass is 10.1. The molecule has 2 rings (SSSR count). The van der Waals surface area contributed by atoms with Crippen LogP contribution in [0.2, 0.25) is 0 Å². The first-order valence-electron chi connectivity index (χ1n) is 7.71. The number of amides is 2. The van der Waals surface area contributed by atoms with Crippen molar-refractivity contribution in [2.24, 2.45) is 0 Å². The number of alkyl carbamates (subject to hydrolysis) is 1. The van der Waals surface area contributed by atoms with E-state index in [1.54, 1.807) is 24.3 Å². The molecule has 0 unspecified atom stereocenters. The van der Waals surface area contributed by atoms with Crippen LogP contribution in [0.3, 0.4) is 0 Å². The highest BCUT2D eigenvalue weighted by molar-refractivity contribution is 5.99. The van der Waals surface area contributed by atoms with Crippen LogP contribution in [0.5, 0.6) is 0 Å². The third-order valence-corrected chi connectivity index (χ3v) is 3.32. The van der Waals surface area contributed by atoms with E-state index in [0.29, 0.717) is 0 Å². The van der Waals surface area contributed by atoms with Gasteiger partial charge in [0.05, 0.1) is 11.1 Å². The molecule has 0 fully saturated rings. The number of anilines is 1. The zero-order chi connectivity index (χ0) is 19.8. The molecule has 140 valence electrons. The fourth-order valence-corrected chi connectivity index (χ4v) is 2.08. The summed E-state index contributed by atoms with van der Waals surface area (Å²) < 4.78 is 4.94. The molecule has 0 atom stereocenters. The molecule has 0 saturated carbocycles. The zero-order valence-corrected chi connectivity index (χ0v) is 14.0. The molecule has 27 heavy (non-hydrogen) atoms. The van der Waals surface area contributed by atoms with Gasteiger partial charge in [0.25, 0.3) is 0 Å². The summed E-state index contributed by atoms with van der Waals surface area (Å²) in [6.07, 6.45) is -0.806. The molecule has 4 N–H and O–H groups in total.